The van der Waals surface area contributed by atoms with Crippen LogP contribution in [-0.2, 0) is 38.9 Å². The third-order valence-corrected chi connectivity index (χ3v) is 16.8. The molecule has 2 aliphatic carbocycles. The lowest BCUT2D eigenvalue weighted by molar-refractivity contribution is 0.590. The van der Waals surface area contributed by atoms with Gasteiger partial charge in [0.25, 0.3) is 0 Å². The van der Waals surface area contributed by atoms with Crippen LogP contribution in [-0.4, -0.2) is 0 Å². The Bertz CT molecular complexity index is 3400. The highest BCUT2D eigenvalue weighted by Gasteiger charge is 2.41. The van der Waals surface area contributed by atoms with E-state index in [-0.39, 0.29) is 27.1 Å². The van der Waals surface area contributed by atoms with Crippen LogP contribution < -0.4 is 9.80 Å². The summed E-state index contributed by atoms with van der Waals surface area (Å²) in [5.41, 5.74) is 23.1. The molecule has 0 spiro atoms. The highest BCUT2D eigenvalue weighted by molar-refractivity contribution is 6.07. The zero-order chi connectivity index (χ0) is 53.8. The van der Waals surface area contributed by atoms with E-state index in [2.05, 4.69) is 290 Å². The molecule has 75 heavy (non-hydrogen) atoms. The quantitative estimate of drug-likeness (QED) is 0.164. The van der Waals surface area contributed by atoms with Crippen molar-refractivity contribution in [1.29, 1.82) is 0 Å². The van der Waals surface area contributed by atoms with Crippen LogP contribution in [0.15, 0.2) is 176 Å². The molecule has 0 atom stereocenters. The molecular weight excluding hydrogens is 905 g/mol. The average Bonchev–Trinajstić information content (AvgIpc) is 3.66. The minimum Gasteiger partial charge on any atom is -0.310 e. The Balaban J connectivity index is 1.19. The molecule has 0 amide bonds. The van der Waals surface area contributed by atoms with E-state index in [9.17, 15) is 0 Å². The molecule has 0 fully saturated rings. The first-order valence-corrected chi connectivity index (χ1v) is 27.4. The molecule has 0 saturated carbocycles. The Labute approximate surface area is 450 Å². The van der Waals surface area contributed by atoms with Crippen molar-refractivity contribution in [2.75, 3.05) is 9.80 Å². The molecule has 382 valence electrons. The summed E-state index contributed by atoms with van der Waals surface area (Å²) in [5.74, 6) is 0. The summed E-state index contributed by atoms with van der Waals surface area (Å²) >= 11 is 0. The van der Waals surface area contributed by atoms with E-state index in [1.54, 1.807) is 0 Å². The van der Waals surface area contributed by atoms with Crippen molar-refractivity contribution in [3.63, 3.8) is 0 Å². The van der Waals surface area contributed by atoms with Crippen LogP contribution in [0.3, 0.4) is 0 Å². The SMILES string of the molecule is C=C1c2ccccc2/C(N(c2ccc(C(C)(C)C)cc2)c2ccc(C(C)(C)C)cc2)=C\Cc2cc3c(cc2C1(C)C)-c1cc(N(c2ccc(C(C)(C)C)cc2)c2ccc(C(C)(C)C)cc2)c2ccccc2c1C3(C)C. The molecule has 0 radical (unpaired) electrons. The van der Waals surface area contributed by atoms with Gasteiger partial charge in [-0.15, -0.1) is 0 Å². The van der Waals surface area contributed by atoms with E-state index >= 15 is 0 Å². The summed E-state index contributed by atoms with van der Waals surface area (Å²) in [6.07, 6.45) is 3.26. The normalized spacial score (nSPS) is 15.9. The van der Waals surface area contributed by atoms with Crippen LogP contribution in [0.1, 0.15) is 166 Å². The van der Waals surface area contributed by atoms with Gasteiger partial charge in [-0.05, 0) is 161 Å². The Morgan fingerprint density at radius 2 is 0.787 bits per heavy atom. The Morgan fingerprint density at radius 3 is 1.23 bits per heavy atom. The van der Waals surface area contributed by atoms with Gasteiger partial charge in [-0.3, -0.25) is 0 Å². The molecule has 0 saturated heterocycles. The van der Waals surface area contributed by atoms with Crippen LogP contribution in [0.4, 0.5) is 28.4 Å². The topological polar surface area (TPSA) is 6.48 Å². The van der Waals surface area contributed by atoms with E-state index in [1.807, 2.05) is 0 Å². The maximum atomic E-state index is 5.07. The van der Waals surface area contributed by atoms with Gasteiger partial charge in [-0.1, -0.05) is 227 Å². The fourth-order valence-corrected chi connectivity index (χ4v) is 12.0. The first kappa shape index (κ1) is 51.6. The van der Waals surface area contributed by atoms with Crippen molar-refractivity contribution in [2.24, 2.45) is 0 Å². The highest BCUT2D eigenvalue weighted by atomic mass is 15.2. The zero-order valence-electron chi connectivity index (χ0n) is 48.0. The molecule has 10 rings (SSSR count). The van der Waals surface area contributed by atoms with Gasteiger partial charge < -0.3 is 9.80 Å². The predicted octanol–water partition coefficient (Wildman–Crippen LogP) is 20.5. The predicted molar refractivity (Wildman–Crippen MR) is 326 cm³/mol. The number of fused-ring (bicyclic) bond motifs is 7. The van der Waals surface area contributed by atoms with E-state index in [0.29, 0.717) is 0 Å². The summed E-state index contributed by atoms with van der Waals surface area (Å²) in [4.78, 5) is 4.99. The molecule has 8 aromatic carbocycles. The fraction of sp³-hybridized carbons (Fsp3) is 0.315. The Hall–Kier alpha value is -6.90. The zero-order valence-corrected chi connectivity index (χ0v) is 48.0. The van der Waals surface area contributed by atoms with Gasteiger partial charge in [0.05, 0.1) is 11.4 Å². The fourth-order valence-electron chi connectivity index (χ4n) is 12.0. The molecule has 2 nitrogen and oxygen atoms in total. The van der Waals surface area contributed by atoms with Crippen molar-refractivity contribution in [2.45, 2.75) is 150 Å². The summed E-state index contributed by atoms with van der Waals surface area (Å²) < 4.78 is 0. The van der Waals surface area contributed by atoms with E-state index in [4.69, 9.17) is 6.58 Å². The second kappa shape index (κ2) is 18.1. The molecule has 2 heteroatoms. The maximum absolute atomic E-state index is 5.07. The van der Waals surface area contributed by atoms with Crippen molar-refractivity contribution >= 4 is 50.5 Å². The number of allylic oxidation sites excluding steroid dienone is 2. The van der Waals surface area contributed by atoms with Crippen LogP contribution >= 0.6 is 0 Å². The number of hydrogen-bond acceptors (Lipinski definition) is 2. The van der Waals surface area contributed by atoms with Gasteiger partial charge in [0.2, 0.25) is 0 Å². The van der Waals surface area contributed by atoms with Gasteiger partial charge in [0.1, 0.15) is 0 Å². The van der Waals surface area contributed by atoms with E-state index in [0.717, 1.165) is 40.4 Å². The second-order valence-electron chi connectivity index (χ2n) is 26.8. The van der Waals surface area contributed by atoms with Gasteiger partial charge in [-0.2, -0.15) is 0 Å². The van der Waals surface area contributed by atoms with E-state index < -0.39 is 5.41 Å². The van der Waals surface area contributed by atoms with Crippen LogP contribution in [0.2, 0.25) is 0 Å². The molecule has 0 aromatic heterocycles. The lowest BCUT2D eigenvalue weighted by Crippen LogP contribution is -2.23. The number of benzene rings is 8. The molecule has 0 bridgehead atoms. The number of hydrogen-bond donors (Lipinski definition) is 0. The van der Waals surface area contributed by atoms with Crippen LogP contribution in [0.25, 0.3) is 33.2 Å². The lowest BCUT2D eigenvalue weighted by atomic mass is 9.71. The second-order valence-corrected chi connectivity index (χ2v) is 26.8. The Kier molecular flexibility index (Phi) is 12.5. The molecule has 0 aliphatic heterocycles. The summed E-state index contributed by atoms with van der Waals surface area (Å²) in [6.45, 7) is 42.3. The van der Waals surface area contributed by atoms with Gasteiger partial charge in [0, 0.05) is 44.5 Å². The van der Waals surface area contributed by atoms with Crippen LogP contribution in [0.5, 0.6) is 0 Å². The first-order valence-electron chi connectivity index (χ1n) is 27.4. The summed E-state index contributed by atoms with van der Waals surface area (Å²) in [7, 11) is 0. The highest BCUT2D eigenvalue weighted by Crippen LogP contribution is 2.57. The third kappa shape index (κ3) is 9.17. The Morgan fingerprint density at radius 1 is 0.387 bits per heavy atom. The third-order valence-electron chi connectivity index (χ3n) is 16.8. The van der Waals surface area contributed by atoms with Gasteiger partial charge >= 0.3 is 0 Å². The van der Waals surface area contributed by atoms with Gasteiger partial charge in [0.15, 0.2) is 0 Å². The number of nitrogens with zero attached hydrogens (tertiary/aromatic N) is 2. The summed E-state index contributed by atoms with van der Waals surface area (Å²) in [6, 6.07) is 62.8. The molecular formula is C73H80N2. The minimum absolute atomic E-state index is 0.0342. The van der Waals surface area contributed by atoms with Crippen molar-refractivity contribution in [1.82, 2.24) is 0 Å². The largest absolute Gasteiger partial charge is 0.310 e. The van der Waals surface area contributed by atoms with Crippen molar-refractivity contribution in [3.8, 4) is 11.1 Å². The molecule has 0 N–H and O–H groups in total. The smallest absolute Gasteiger partial charge is 0.0546 e. The van der Waals surface area contributed by atoms with Crippen molar-refractivity contribution in [3.05, 3.63) is 232 Å². The standard InChI is InChI=1S/C73H80N2/c1-47-57-22-18-19-23-58(57)65(74(53-35-27-49(28-36-53)68(2,3)4)54-37-29-50(30-38-54)69(5,6)7)43-26-48-44-64-61(45-63(48)72(47,14)15)62-46-66(59-24-20-21-25-60(59)67(62)73(64,16)17)75(55-39-31-51(32-40-55)70(8,9)10)56-41-33-52(34-42-56)71(11,12)13/h18-25,27-46H,1,26H2,2-17H3/b65-43+. The minimum atomic E-state index is -0.417. The van der Waals surface area contributed by atoms with Crippen LogP contribution in [0, 0.1) is 0 Å². The van der Waals surface area contributed by atoms with E-state index in [1.165, 1.54) is 83.2 Å². The average molecular weight is 985 g/mol. The molecule has 8 aromatic rings. The monoisotopic (exact) mass is 985 g/mol. The summed E-state index contributed by atoms with van der Waals surface area (Å²) in [5, 5.41) is 2.54. The molecule has 0 unspecified atom stereocenters. The molecule has 0 heterocycles. The lowest BCUT2D eigenvalue weighted by Gasteiger charge is -2.33. The maximum Gasteiger partial charge on any atom is 0.0546 e. The van der Waals surface area contributed by atoms with Crippen molar-refractivity contribution < 1.29 is 0 Å². The number of anilines is 5. The first-order chi connectivity index (χ1) is 35.2. The van der Waals surface area contributed by atoms with Gasteiger partial charge in [-0.25, -0.2) is 0 Å². The molecule has 2 aliphatic rings. The number of rotatable bonds is 6.